The van der Waals surface area contributed by atoms with Crippen LogP contribution in [0.2, 0.25) is 0 Å². The van der Waals surface area contributed by atoms with Gasteiger partial charge in [-0.25, -0.2) is 17.9 Å². The van der Waals surface area contributed by atoms with Crippen LogP contribution < -0.4 is 10.5 Å². The molecule has 0 fully saturated rings. The van der Waals surface area contributed by atoms with Crippen molar-refractivity contribution in [3.8, 4) is 0 Å². The van der Waals surface area contributed by atoms with Gasteiger partial charge in [-0.2, -0.15) is 0 Å². The minimum atomic E-state index is -4.01. The second-order valence-electron chi connectivity index (χ2n) is 3.98. The lowest BCUT2D eigenvalue weighted by Crippen LogP contribution is -2.22. The van der Waals surface area contributed by atoms with E-state index in [1.165, 1.54) is 0 Å². The molecule has 0 aliphatic rings. The molecule has 1 aromatic carbocycles. The molecule has 0 saturated heterocycles. The standard InChI is InChI=1S/C11H15FN2O3S/c1-3-7(2)11(15)14-9-6-8(12)4-5-10(9)18(13,16)17/h4-7H,3H2,1-2H3,(H,14,15)(H2,13,16,17). The van der Waals surface area contributed by atoms with Gasteiger partial charge in [0.05, 0.1) is 5.69 Å². The first-order chi connectivity index (χ1) is 8.25. The molecule has 3 N–H and O–H groups in total. The highest BCUT2D eigenvalue weighted by Crippen LogP contribution is 2.22. The Morgan fingerprint density at radius 3 is 2.61 bits per heavy atom. The van der Waals surface area contributed by atoms with Gasteiger partial charge in [-0.1, -0.05) is 13.8 Å². The average Bonchev–Trinajstić information content (AvgIpc) is 2.26. The minimum Gasteiger partial charge on any atom is -0.325 e. The molecule has 7 heteroatoms. The largest absolute Gasteiger partial charge is 0.325 e. The summed E-state index contributed by atoms with van der Waals surface area (Å²) in [6.07, 6.45) is 0.589. The summed E-state index contributed by atoms with van der Waals surface area (Å²) >= 11 is 0. The van der Waals surface area contributed by atoms with Crippen molar-refractivity contribution < 1.29 is 17.6 Å². The van der Waals surface area contributed by atoms with E-state index < -0.39 is 15.8 Å². The zero-order valence-corrected chi connectivity index (χ0v) is 10.9. The van der Waals surface area contributed by atoms with Gasteiger partial charge < -0.3 is 5.32 Å². The highest BCUT2D eigenvalue weighted by Gasteiger charge is 2.18. The smallest absolute Gasteiger partial charge is 0.240 e. The first kappa shape index (κ1) is 14.6. The molecule has 0 heterocycles. The number of anilines is 1. The number of halogens is 1. The van der Waals surface area contributed by atoms with Crippen molar-refractivity contribution in [2.45, 2.75) is 25.2 Å². The van der Waals surface area contributed by atoms with E-state index >= 15 is 0 Å². The fourth-order valence-electron chi connectivity index (χ4n) is 1.29. The maximum atomic E-state index is 13.1. The van der Waals surface area contributed by atoms with Gasteiger partial charge in [0.1, 0.15) is 10.7 Å². The highest BCUT2D eigenvalue weighted by atomic mass is 32.2. The van der Waals surface area contributed by atoms with Gasteiger partial charge >= 0.3 is 0 Å². The summed E-state index contributed by atoms with van der Waals surface area (Å²) in [4.78, 5) is 11.4. The molecule has 100 valence electrons. The predicted octanol–water partition coefficient (Wildman–Crippen LogP) is 1.46. The lowest BCUT2D eigenvalue weighted by molar-refractivity contribution is -0.119. The normalized spacial score (nSPS) is 13.1. The number of primary sulfonamides is 1. The van der Waals surface area contributed by atoms with Crippen LogP contribution in [0.4, 0.5) is 10.1 Å². The van der Waals surface area contributed by atoms with Crippen molar-refractivity contribution >= 4 is 21.6 Å². The maximum Gasteiger partial charge on any atom is 0.240 e. The number of amides is 1. The first-order valence-electron chi connectivity index (χ1n) is 5.39. The lowest BCUT2D eigenvalue weighted by atomic mass is 10.1. The molecule has 0 aromatic heterocycles. The van der Waals surface area contributed by atoms with E-state index in [0.717, 1.165) is 18.2 Å². The highest BCUT2D eigenvalue weighted by molar-refractivity contribution is 7.89. The number of hydrogen-bond donors (Lipinski definition) is 2. The van der Waals surface area contributed by atoms with Gasteiger partial charge in [0, 0.05) is 5.92 Å². The van der Waals surface area contributed by atoms with E-state index in [1.807, 2.05) is 6.92 Å². The van der Waals surface area contributed by atoms with E-state index in [4.69, 9.17) is 5.14 Å². The fourth-order valence-corrected chi connectivity index (χ4v) is 1.96. The summed E-state index contributed by atoms with van der Waals surface area (Å²) in [5.41, 5.74) is -0.136. The number of benzene rings is 1. The van der Waals surface area contributed by atoms with Crippen LogP contribution in [0.25, 0.3) is 0 Å². The quantitative estimate of drug-likeness (QED) is 0.871. The molecule has 1 aromatic rings. The Bertz CT molecular complexity index is 557. The van der Waals surface area contributed by atoms with Crippen LogP contribution >= 0.6 is 0 Å². The van der Waals surface area contributed by atoms with Gasteiger partial charge in [0.25, 0.3) is 0 Å². The molecule has 18 heavy (non-hydrogen) atoms. The van der Waals surface area contributed by atoms with Crippen molar-refractivity contribution in [2.75, 3.05) is 5.32 Å². The van der Waals surface area contributed by atoms with E-state index in [0.29, 0.717) is 6.42 Å². The number of hydrogen-bond acceptors (Lipinski definition) is 3. The Morgan fingerprint density at radius 1 is 1.50 bits per heavy atom. The number of rotatable bonds is 4. The van der Waals surface area contributed by atoms with Crippen molar-refractivity contribution in [3.05, 3.63) is 24.0 Å². The van der Waals surface area contributed by atoms with Crippen molar-refractivity contribution in [2.24, 2.45) is 11.1 Å². The van der Waals surface area contributed by atoms with Gasteiger partial charge in [0.15, 0.2) is 0 Å². The zero-order chi connectivity index (χ0) is 13.9. The molecule has 0 aliphatic heterocycles. The third-order valence-corrected chi connectivity index (χ3v) is 3.54. The molecule has 0 radical (unpaired) electrons. The molecule has 0 bridgehead atoms. The molecular formula is C11H15FN2O3S. The van der Waals surface area contributed by atoms with Gasteiger partial charge in [-0.3, -0.25) is 4.79 Å². The van der Waals surface area contributed by atoms with Crippen LogP contribution in [0.1, 0.15) is 20.3 Å². The Kier molecular flexibility index (Phi) is 4.42. The molecule has 1 atom stereocenters. The summed E-state index contributed by atoms with van der Waals surface area (Å²) in [5.74, 6) is -1.34. The van der Waals surface area contributed by atoms with Crippen LogP contribution in [0.15, 0.2) is 23.1 Å². The Balaban J connectivity index is 3.15. The average molecular weight is 274 g/mol. The maximum absolute atomic E-state index is 13.1. The summed E-state index contributed by atoms with van der Waals surface area (Å²) in [7, 11) is -4.01. The minimum absolute atomic E-state index is 0.136. The molecule has 1 unspecified atom stereocenters. The number of nitrogens with one attached hydrogen (secondary N) is 1. The summed E-state index contributed by atoms with van der Waals surface area (Å²) in [6.45, 7) is 3.50. The number of nitrogens with two attached hydrogens (primary N) is 1. The molecule has 1 amide bonds. The van der Waals surface area contributed by atoms with Gasteiger partial charge in [-0.05, 0) is 24.6 Å². The van der Waals surface area contributed by atoms with Crippen molar-refractivity contribution in [3.63, 3.8) is 0 Å². The Morgan fingerprint density at radius 2 is 2.11 bits per heavy atom. The van der Waals surface area contributed by atoms with Crippen molar-refractivity contribution in [1.29, 1.82) is 0 Å². The first-order valence-corrected chi connectivity index (χ1v) is 6.93. The molecular weight excluding hydrogens is 259 g/mol. The fraction of sp³-hybridized carbons (Fsp3) is 0.364. The van der Waals surface area contributed by atoms with Crippen LogP contribution in [0.5, 0.6) is 0 Å². The summed E-state index contributed by atoms with van der Waals surface area (Å²) < 4.78 is 35.7. The van der Waals surface area contributed by atoms with Gasteiger partial charge in [-0.15, -0.1) is 0 Å². The monoisotopic (exact) mass is 274 g/mol. The van der Waals surface area contributed by atoms with E-state index in [1.54, 1.807) is 6.92 Å². The second kappa shape index (κ2) is 5.45. The number of sulfonamides is 1. The zero-order valence-electron chi connectivity index (χ0n) is 10.1. The van der Waals surface area contributed by atoms with Gasteiger partial charge in [0.2, 0.25) is 15.9 Å². The third kappa shape index (κ3) is 3.51. The molecule has 5 nitrogen and oxygen atoms in total. The molecule has 0 aliphatic carbocycles. The van der Waals surface area contributed by atoms with Crippen LogP contribution in [-0.2, 0) is 14.8 Å². The summed E-state index contributed by atoms with van der Waals surface area (Å²) in [5, 5.41) is 7.36. The Labute approximate surface area is 105 Å². The van der Waals surface area contributed by atoms with Crippen LogP contribution in [0, 0.1) is 11.7 Å². The lowest BCUT2D eigenvalue weighted by Gasteiger charge is -2.12. The molecule has 1 rings (SSSR count). The second-order valence-corrected chi connectivity index (χ2v) is 5.51. The SMILES string of the molecule is CCC(C)C(=O)Nc1cc(F)ccc1S(N)(=O)=O. The van der Waals surface area contributed by atoms with Crippen LogP contribution in [0.3, 0.4) is 0 Å². The molecule has 0 saturated carbocycles. The number of carbonyl (C=O) groups is 1. The van der Waals surface area contributed by atoms with Crippen LogP contribution in [-0.4, -0.2) is 14.3 Å². The number of carbonyl (C=O) groups excluding carboxylic acids is 1. The molecule has 0 spiro atoms. The van der Waals surface area contributed by atoms with E-state index in [2.05, 4.69) is 5.32 Å². The Hall–Kier alpha value is -1.47. The van der Waals surface area contributed by atoms with Crippen molar-refractivity contribution in [1.82, 2.24) is 0 Å². The van der Waals surface area contributed by atoms with E-state index in [-0.39, 0.29) is 22.4 Å². The third-order valence-electron chi connectivity index (χ3n) is 2.57. The summed E-state index contributed by atoms with van der Waals surface area (Å²) in [6, 6.07) is 2.93. The van der Waals surface area contributed by atoms with E-state index in [9.17, 15) is 17.6 Å². The predicted molar refractivity (Wildman–Crippen MR) is 65.9 cm³/mol. The topological polar surface area (TPSA) is 89.3 Å².